The molecule has 1 aliphatic carbocycles. The first-order valence-electron chi connectivity index (χ1n) is 8.45. The molecule has 1 fully saturated rings. The van der Waals surface area contributed by atoms with Crippen LogP contribution in [0.4, 0.5) is 0 Å². The summed E-state index contributed by atoms with van der Waals surface area (Å²) in [5.41, 5.74) is 0. The number of unbranched alkanes of at least 4 members (excludes halogenated alkanes) is 1. The molecule has 21 heavy (non-hydrogen) atoms. The number of rotatable bonds is 11. The summed E-state index contributed by atoms with van der Waals surface area (Å²) < 4.78 is 5.35. The molecule has 0 bridgehead atoms. The Morgan fingerprint density at radius 3 is 2.57 bits per heavy atom. The van der Waals surface area contributed by atoms with Crippen molar-refractivity contribution in [2.75, 3.05) is 46.9 Å². The molecule has 0 aromatic heterocycles. The van der Waals surface area contributed by atoms with Gasteiger partial charge in [0.25, 0.3) is 0 Å². The predicted octanol–water partition coefficient (Wildman–Crippen LogP) is 1.70. The van der Waals surface area contributed by atoms with Gasteiger partial charge in [-0.05, 0) is 59.5 Å². The van der Waals surface area contributed by atoms with Crippen LogP contribution in [0.1, 0.15) is 39.5 Å². The van der Waals surface area contributed by atoms with Gasteiger partial charge in [-0.1, -0.05) is 0 Å². The number of guanidine groups is 1. The molecule has 1 unspecified atom stereocenters. The molecular weight excluding hydrogens is 264 g/mol. The summed E-state index contributed by atoms with van der Waals surface area (Å²) in [5.74, 6) is 1.79. The Bertz CT molecular complexity index is 288. The molecule has 0 aliphatic heterocycles. The fourth-order valence-corrected chi connectivity index (χ4v) is 2.42. The fourth-order valence-electron chi connectivity index (χ4n) is 2.42. The average molecular weight is 298 g/mol. The third-order valence-corrected chi connectivity index (χ3v) is 3.82. The standard InChI is InChI=1S/C16H34N4O/c1-5-17-16(18-11-7-8-12-21-6-2)19-13-15(20(3)4)14-9-10-14/h14-15H,5-13H2,1-4H3,(H2,17,18,19). The van der Waals surface area contributed by atoms with E-state index in [-0.39, 0.29) is 0 Å². The van der Waals surface area contributed by atoms with Gasteiger partial charge in [0.2, 0.25) is 0 Å². The lowest BCUT2D eigenvalue weighted by Crippen LogP contribution is -2.40. The van der Waals surface area contributed by atoms with E-state index in [0.29, 0.717) is 6.04 Å². The van der Waals surface area contributed by atoms with Gasteiger partial charge in [0.1, 0.15) is 0 Å². The first-order valence-corrected chi connectivity index (χ1v) is 8.45. The molecule has 0 heterocycles. The fraction of sp³-hybridized carbons (Fsp3) is 0.938. The van der Waals surface area contributed by atoms with Crippen LogP contribution in [0.3, 0.4) is 0 Å². The van der Waals surface area contributed by atoms with Crippen LogP contribution in [0.15, 0.2) is 4.99 Å². The number of hydrogen-bond acceptors (Lipinski definition) is 3. The molecule has 0 amide bonds. The third kappa shape index (κ3) is 8.27. The van der Waals surface area contributed by atoms with Gasteiger partial charge in [0, 0.05) is 32.3 Å². The number of ether oxygens (including phenoxy) is 1. The van der Waals surface area contributed by atoms with Crippen molar-refractivity contribution in [1.82, 2.24) is 15.5 Å². The largest absolute Gasteiger partial charge is 0.382 e. The predicted molar refractivity (Wildman–Crippen MR) is 89.9 cm³/mol. The molecule has 124 valence electrons. The molecule has 0 aromatic carbocycles. The lowest BCUT2D eigenvalue weighted by Gasteiger charge is -2.23. The van der Waals surface area contributed by atoms with Crippen LogP contribution in [0, 0.1) is 5.92 Å². The Labute approximate surface area is 130 Å². The number of aliphatic imine (C=N–C) groups is 1. The van der Waals surface area contributed by atoms with Crippen molar-refractivity contribution in [3.63, 3.8) is 0 Å². The van der Waals surface area contributed by atoms with E-state index in [1.165, 1.54) is 12.8 Å². The highest BCUT2D eigenvalue weighted by atomic mass is 16.5. The molecule has 0 saturated heterocycles. The van der Waals surface area contributed by atoms with Crippen LogP contribution in [0.25, 0.3) is 0 Å². The first-order chi connectivity index (χ1) is 10.2. The third-order valence-electron chi connectivity index (χ3n) is 3.82. The van der Waals surface area contributed by atoms with Gasteiger partial charge >= 0.3 is 0 Å². The molecular formula is C16H34N4O. The molecule has 0 radical (unpaired) electrons. The second-order valence-corrected chi connectivity index (χ2v) is 5.92. The zero-order valence-corrected chi connectivity index (χ0v) is 14.3. The zero-order valence-electron chi connectivity index (χ0n) is 14.3. The monoisotopic (exact) mass is 298 g/mol. The zero-order chi connectivity index (χ0) is 15.5. The number of likely N-dealkylation sites (N-methyl/N-ethyl adjacent to an activating group) is 1. The minimum atomic E-state index is 0.582. The van der Waals surface area contributed by atoms with Gasteiger partial charge in [-0.15, -0.1) is 0 Å². The molecule has 0 spiro atoms. The second kappa shape index (κ2) is 10.9. The van der Waals surface area contributed by atoms with Crippen LogP contribution in [0.5, 0.6) is 0 Å². The molecule has 1 saturated carbocycles. The van der Waals surface area contributed by atoms with Crippen LogP contribution in [-0.4, -0.2) is 63.8 Å². The Morgan fingerprint density at radius 1 is 1.24 bits per heavy atom. The normalized spacial score (nSPS) is 17.1. The van der Waals surface area contributed by atoms with E-state index >= 15 is 0 Å². The van der Waals surface area contributed by atoms with Crippen LogP contribution in [-0.2, 0) is 4.74 Å². The summed E-state index contributed by atoms with van der Waals surface area (Å²) in [4.78, 5) is 7.06. The van der Waals surface area contributed by atoms with E-state index in [2.05, 4.69) is 36.6 Å². The van der Waals surface area contributed by atoms with Gasteiger partial charge in [-0.3, -0.25) is 4.99 Å². The average Bonchev–Trinajstić information content (AvgIpc) is 3.27. The van der Waals surface area contributed by atoms with E-state index in [0.717, 1.165) is 57.6 Å². The van der Waals surface area contributed by atoms with Crippen molar-refractivity contribution in [2.24, 2.45) is 10.9 Å². The summed E-state index contributed by atoms with van der Waals surface area (Å²) in [6.07, 6.45) is 4.94. The SMILES string of the molecule is CCNC(=NCC(C1CC1)N(C)C)NCCCCOCC. The molecule has 1 atom stereocenters. The maximum atomic E-state index is 5.35. The number of hydrogen-bond donors (Lipinski definition) is 2. The Morgan fingerprint density at radius 2 is 2.00 bits per heavy atom. The quantitative estimate of drug-likeness (QED) is 0.346. The van der Waals surface area contributed by atoms with E-state index in [9.17, 15) is 0 Å². The Balaban J connectivity index is 2.28. The van der Waals surface area contributed by atoms with Crippen molar-refractivity contribution in [3.8, 4) is 0 Å². The van der Waals surface area contributed by atoms with Gasteiger partial charge in [-0.2, -0.15) is 0 Å². The van der Waals surface area contributed by atoms with Gasteiger partial charge in [0.05, 0.1) is 6.54 Å². The molecule has 5 heteroatoms. The second-order valence-electron chi connectivity index (χ2n) is 5.92. The highest BCUT2D eigenvalue weighted by Crippen LogP contribution is 2.34. The lowest BCUT2D eigenvalue weighted by molar-refractivity contribution is 0.143. The Hall–Kier alpha value is -0.810. The number of nitrogens with one attached hydrogen (secondary N) is 2. The highest BCUT2D eigenvalue weighted by molar-refractivity contribution is 5.79. The minimum absolute atomic E-state index is 0.582. The van der Waals surface area contributed by atoms with Crippen molar-refractivity contribution in [1.29, 1.82) is 0 Å². The van der Waals surface area contributed by atoms with E-state index in [4.69, 9.17) is 9.73 Å². The van der Waals surface area contributed by atoms with E-state index in [1.54, 1.807) is 0 Å². The van der Waals surface area contributed by atoms with Crippen molar-refractivity contribution in [2.45, 2.75) is 45.6 Å². The summed E-state index contributed by atoms with van der Waals surface area (Å²) in [6.45, 7) is 8.55. The summed E-state index contributed by atoms with van der Waals surface area (Å²) in [5, 5.41) is 6.74. The Kier molecular flexibility index (Phi) is 9.42. The maximum absolute atomic E-state index is 5.35. The van der Waals surface area contributed by atoms with Gasteiger partial charge in [0.15, 0.2) is 5.96 Å². The van der Waals surface area contributed by atoms with Crippen molar-refractivity contribution < 1.29 is 4.74 Å². The van der Waals surface area contributed by atoms with Gasteiger partial charge < -0.3 is 20.3 Å². The smallest absolute Gasteiger partial charge is 0.191 e. The number of nitrogens with zero attached hydrogens (tertiary/aromatic N) is 2. The van der Waals surface area contributed by atoms with E-state index < -0.39 is 0 Å². The topological polar surface area (TPSA) is 48.9 Å². The maximum Gasteiger partial charge on any atom is 0.191 e. The van der Waals surface area contributed by atoms with Gasteiger partial charge in [-0.25, -0.2) is 0 Å². The summed E-state index contributed by atoms with van der Waals surface area (Å²) in [7, 11) is 4.32. The summed E-state index contributed by atoms with van der Waals surface area (Å²) >= 11 is 0. The molecule has 1 rings (SSSR count). The van der Waals surface area contributed by atoms with Crippen LogP contribution >= 0.6 is 0 Å². The first kappa shape index (κ1) is 18.2. The van der Waals surface area contributed by atoms with Crippen molar-refractivity contribution in [3.05, 3.63) is 0 Å². The lowest BCUT2D eigenvalue weighted by atomic mass is 10.2. The molecule has 2 N–H and O–H groups in total. The van der Waals surface area contributed by atoms with E-state index in [1.807, 2.05) is 6.92 Å². The van der Waals surface area contributed by atoms with Crippen molar-refractivity contribution >= 4 is 5.96 Å². The summed E-state index contributed by atoms with van der Waals surface area (Å²) in [6, 6.07) is 0.582. The molecule has 0 aromatic rings. The minimum Gasteiger partial charge on any atom is -0.382 e. The molecule has 5 nitrogen and oxygen atoms in total. The van der Waals surface area contributed by atoms with Crippen LogP contribution < -0.4 is 10.6 Å². The highest BCUT2D eigenvalue weighted by Gasteiger charge is 2.32. The van der Waals surface area contributed by atoms with Crippen LogP contribution in [0.2, 0.25) is 0 Å². The molecule has 1 aliphatic rings.